The number of benzene rings is 2. The molecule has 0 saturated carbocycles. The van der Waals surface area contributed by atoms with Crippen LogP contribution in [0.1, 0.15) is 15.9 Å². The summed E-state index contributed by atoms with van der Waals surface area (Å²) in [5.41, 5.74) is 1.77. The lowest BCUT2D eigenvalue weighted by molar-refractivity contribution is 0.0956. The van der Waals surface area contributed by atoms with Crippen LogP contribution in [0.5, 0.6) is 0 Å². The number of halogens is 2. The predicted molar refractivity (Wildman–Crippen MR) is 91.4 cm³/mol. The van der Waals surface area contributed by atoms with Gasteiger partial charge in [-0.1, -0.05) is 41.4 Å². The Labute approximate surface area is 138 Å². The van der Waals surface area contributed by atoms with Crippen molar-refractivity contribution in [2.75, 3.05) is 12.3 Å². The van der Waals surface area contributed by atoms with E-state index in [2.05, 4.69) is 5.32 Å². The summed E-state index contributed by atoms with van der Waals surface area (Å²) in [7, 11) is 0. The van der Waals surface area contributed by atoms with Gasteiger partial charge in [-0.3, -0.25) is 4.79 Å². The zero-order chi connectivity index (χ0) is 15.1. The third-order valence-corrected chi connectivity index (χ3v) is 4.28. The highest BCUT2D eigenvalue weighted by Crippen LogP contribution is 2.16. The van der Waals surface area contributed by atoms with Crippen LogP contribution < -0.4 is 5.32 Å². The van der Waals surface area contributed by atoms with Crippen LogP contribution in [0.3, 0.4) is 0 Å². The third kappa shape index (κ3) is 5.62. The van der Waals surface area contributed by atoms with Gasteiger partial charge in [0.15, 0.2) is 0 Å². The van der Waals surface area contributed by atoms with Gasteiger partial charge in [-0.15, -0.1) is 0 Å². The molecule has 1 amide bonds. The minimum Gasteiger partial charge on any atom is -0.351 e. The Morgan fingerprint density at radius 2 is 1.76 bits per heavy atom. The number of carbonyl (C=O) groups is 1. The van der Waals surface area contributed by atoms with Gasteiger partial charge in [0.05, 0.1) is 0 Å². The van der Waals surface area contributed by atoms with E-state index in [1.165, 1.54) is 5.56 Å². The van der Waals surface area contributed by atoms with Crippen molar-refractivity contribution in [3.63, 3.8) is 0 Å². The first kappa shape index (κ1) is 16.2. The van der Waals surface area contributed by atoms with E-state index in [-0.39, 0.29) is 5.91 Å². The lowest BCUT2D eigenvalue weighted by Crippen LogP contribution is -2.25. The molecule has 0 atom stereocenters. The van der Waals surface area contributed by atoms with Crippen LogP contribution in [-0.4, -0.2) is 18.2 Å². The summed E-state index contributed by atoms with van der Waals surface area (Å²) >= 11 is 13.5. The maximum absolute atomic E-state index is 11.9. The van der Waals surface area contributed by atoms with Gasteiger partial charge >= 0.3 is 0 Å². The minimum atomic E-state index is -0.0964. The Morgan fingerprint density at radius 3 is 2.48 bits per heavy atom. The van der Waals surface area contributed by atoms with E-state index in [0.29, 0.717) is 17.1 Å². The first-order valence-electron chi connectivity index (χ1n) is 6.51. The molecule has 0 bridgehead atoms. The molecule has 5 heteroatoms. The summed E-state index contributed by atoms with van der Waals surface area (Å²) in [6.45, 7) is 0.622. The van der Waals surface area contributed by atoms with Gasteiger partial charge in [0.1, 0.15) is 0 Å². The third-order valence-electron chi connectivity index (χ3n) is 2.78. The number of hydrogen-bond acceptors (Lipinski definition) is 2. The molecular formula is C16H15Cl2NOS. The molecule has 0 aliphatic rings. The fourth-order valence-corrected chi connectivity index (χ4v) is 2.99. The number of amides is 1. The summed E-state index contributed by atoms with van der Waals surface area (Å²) in [5, 5.41) is 4.20. The van der Waals surface area contributed by atoms with Crippen molar-refractivity contribution in [3.8, 4) is 0 Å². The molecule has 0 radical (unpaired) electrons. The van der Waals surface area contributed by atoms with Crippen LogP contribution in [0, 0.1) is 0 Å². The molecule has 2 rings (SSSR count). The second kappa shape index (κ2) is 8.32. The lowest BCUT2D eigenvalue weighted by atomic mass is 10.2. The van der Waals surface area contributed by atoms with Crippen molar-refractivity contribution in [1.82, 2.24) is 5.32 Å². The van der Waals surface area contributed by atoms with Gasteiger partial charge < -0.3 is 5.32 Å². The van der Waals surface area contributed by atoms with Gasteiger partial charge in [0.2, 0.25) is 0 Å². The summed E-state index contributed by atoms with van der Waals surface area (Å²) in [5.74, 6) is 1.63. The Balaban J connectivity index is 1.69. The van der Waals surface area contributed by atoms with Crippen molar-refractivity contribution < 1.29 is 4.79 Å². The van der Waals surface area contributed by atoms with Crippen molar-refractivity contribution in [2.24, 2.45) is 0 Å². The molecule has 110 valence electrons. The maximum Gasteiger partial charge on any atom is 0.251 e. The van der Waals surface area contributed by atoms with Gasteiger partial charge in [0.25, 0.3) is 5.91 Å². The van der Waals surface area contributed by atoms with Crippen molar-refractivity contribution in [3.05, 3.63) is 69.7 Å². The first-order valence-corrected chi connectivity index (χ1v) is 8.42. The highest BCUT2D eigenvalue weighted by molar-refractivity contribution is 7.98. The smallest absolute Gasteiger partial charge is 0.251 e. The van der Waals surface area contributed by atoms with E-state index in [1.807, 2.05) is 24.3 Å². The van der Waals surface area contributed by atoms with Crippen molar-refractivity contribution in [2.45, 2.75) is 5.75 Å². The molecule has 21 heavy (non-hydrogen) atoms. The highest BCUT2D eigenvalue weighted by atomic mass is 35.5. The maximum atomic E-state index is 11.9. The molecular weight excluding hydrogens is 325 g/mol. The van der Waals surface area contributed by atoms with Crippen LogP contribution in [0.4, 0.5) is 0 Å². The second-order valence-corrected chi connectivity index (χ2v) is 6.43. The average molecular weight is 340 g/mol. The Hall–Kier alpha value is -1.16. The first-order chi connectivity index (χ1) is 10.1. The van der Waals surface area contributed by atoms with Gasteiger partial charge in [-0.05, 0) is 35.9 Å². The van der Waals surface area contributed by atoms with E-state index in [1.54, 1.807) is 36.0 Å². The summed E-state index contributed by atoms with van der Waals surface area (Å²) in [6, 6.07) is 14.7. The Bertz CT molecular complexity index is 619. The lowest BCUT2D eigenvalue weighted by Gasteiger charge is -2.06. The SMILES string of the molecule is O=C(NCCSCc1cccc(Cl)c1)c1cccc(Cl)c1. The largest absolute Gasteiger partial charge is 0.351 e. The minimum absolute atomic E-state index is 0.0964. The quantitative estimate of drug-likeness (QED) is 0.775. The molecule has 2 nitrogen and oxygen atoms in total. The van der Waals surface area contributed by atoms with Crippen LogP contribution in [0.25, 0.3) is 0 Å². The Kier molecular flexibility index (Phi) is 6.43. The molecule has 2 aromatic rings. The number of nitrogens with one attached hydrogen (secondary N) is 1. The second-order valence-electron chi connectivity index (χ2n) is 4.45. The zero-order valence-corrected chi connectivity index (χ0v) is 13.6. The Morgan fingerprint density at radius 1 is 1.05 bits per heavy atom. The van der Waals surface area contributed by atoms with Crippen LogP contribution >= 0.6 is 35.0 Å². The molecule has 0 aliphatic heterocycles. The monoisotopic (exact) mass is 339 g/mol. The number of hydrogen-bond donors (Lipinski definition) is 1. The number of carbonyl (C=O) groups excluding carboxylic acids is 1. The average Bonchev–Trinajstić information content (AvgIpc) is 2.47. The molecule has 0 aliphatic carbocycles. The zero-order valence-electron chi connectivity index (χ0n) is 11.3. The van der Waals surface area contributed by atoms with E-state index in [9.17, 15) is 4.79 Å². The topological polar surface area (TPSA) is 29.1 Å². The van der Waals surface area contributed by atoms with Crippen LogP contribution in [-0.2, 0) is 5.75 Å². The predicted octanol–water partition coefficient (Wildman–Crippen LogP) is 4.66. The summed E-state index contributed by atoms with van der Waals surface area (Å²) in [6.07, 6.45) is 0. The molecule has 0 aromatic heterocycles. The number of rotatable bonds is 6. The fourth-order valence-electron chi connectivity index (χ4n) is 1.79. The van der Waals surface area contributed by atoms with Crippen molar-refractivity contribution >= 4 is 40.9 Å². The van der Waals surface area contributed by atoms with E-state index < -0.39 is 0 Å². The van der Waals surface area contributed by atoms with E-state index in [4.69, 9.17) is 23.2 Å². The van der Waals surface area contributed by atoms with E-state index >= 15 is 0 Å². The molecule has 0 heterocycles. The molecule has 0 fully saturated rings. The van der Waals surface area contributed by atoms with Gasteiger partial charge in [0, 0.05) is 33.7 Å². The van der Waals surface area contributed by atoms with E-state index in [0.717, 1.165) is 16.5 Å². The van der Waals surface area contributed by atoms with Gasteiger partial charge in [-0.25, -0.2) is 0 Å². The molecule has 2 aromatic carbocycles. The van der Waals surface area contributed by atoms with Gasteiger partial charge in [-0.2, -0.15) is 11.8 Å². The number of thioether (sulfide) groups is 1. The van der Waals surface area contributed by atoms with Crippen LogP contribution in [0.15, 0.2) is 48.5 Å². The highest BCUT2D eigenvalue weighted by Gasteiger charge is 2.04. The fraction of sp³-hybridized carbons (Fsp3) is 0.188. The molecule has 0 unspecified atom stereocenters. The summed E-state index contributed by atoms with van der Waals surface area (Å²) in [4.78, 5) is 11.9. The molecule has 0 saturated heterocycles. The normalized spacial score (nSPS) is 10.4. The standard InChI is InChI=1S/C16H15Cl2NOS/c17-14-5-1-3-12(9-14)11-21-8-7-19-16(20)13-4-2-6-15(18)10-13/h1-6,9-10H,7-8,11H2,(H,19,20). The molecule has 0 spiro atoms. The van der Waals surface area contributed by atoms with Crippen LogP contribution in [0.2, 0.25) is 10.0 Å². The molecule has 1 N–H and O–H groups in total. The van der Waals surface area contributed by atoms with Crippen molar-refractivity contribution in [1.29, 1.82) is 0 Å². The summed E-state index contributed by atoms with van der Waals surface area (Å²) < 4.78 is 0.